The molecule has 1 aromatic heterocycles. The Labute approximate surface area is 87.3 Å². The van der Waals surface area contributed by atoms with Gasteiger partial charge in [0.2, 0.25) is 0 Å². The zero-order chi connectivity index (χ0) is 9.84. The molecule has 4 nitrogen and oxygen atoms in total. The summed E-state index contributed by atoms with van der Waals surface area (Å²) < 4.78 is 12.8. The predicted molar refractivity (Wildman–Crippen MR) is 50.8 cm³/mol. The van der Waals surface area contributed by atoms with Crippen LogP contribution in [0, 0.1) is 11.5 Å². The van der Waals surface area contributed by atoms with E-state index in [4.69, 9.17) is 16.9 Å². The summed E-state index contributed by atoms with van der Waals surface area (Å²) in [5.74, 6) is 0.286. The molecule has 1 unspecified atom stereocenters. The highest BCUT2D eigenvalue weighted by Crippen LogP contribution is 2.18. The molecule has 1 atom stereocenters. The summed E-state index contributed by atoms with van der Waals surface area (Å²) in [6.45, 7) is 0. The van der Waals surface area contributed by atoms with E-state index >= 15 is 0 Å². The van der Waals surface area contributed by atoms with E-state index in [1.54, 1.807) is 12.4 Å². The highest BCUT2D eigenvalue weighted by Gasteiger charge is 2.00. The van der Waals surface area contributed by atoms with Crippen molar-refractivity contribution >= 4 is 33.9 Å². The topological polar surface area (TPSA) is 62.8 Å². The van der Waals surface area contributed by atoms with E-state index in [9.17, 15) is 4.55 Å². The third-order valence-electron chi connectivity index (χ3n) is 1.24. The molecule has 0 amide bonds. The van der Waals surface area contributed by atoms with Crippen LogP contribution in [0.5, 0.6) is 0 Å². The van der Waals surface area contributed by atoms with E-state index in [1.165, 1.54) is 18.4 Å². The quantitative estimate of drug-likeness (QED) is 0.442. The number of thiazole rings is 1. The van der Waals surface area contributed by atoms with Gasteiger partial charge in [0.1, 0.15) is 0 Å². The first-order valence-corrected chi connectivity index (χ1v) is 5.72. The monoisotopic (exact) mass is 235 g/mol. The summed E-state index contributed by atoms with van der Waals surface area (Å²) in [6, 6.07) is 0. The summed E-state index contributed by atoms with van der Waals surface area (Å²) >= 11 is 6.86. The molecule has 13 heavy (non-hydrogen) atoms. The highest BCUT2D eigenvalue weighted by atomic mass is 35.5. The molecule has 0 saturated heterocycles. The second-order valence-corrected chi connectivity index (χ2v) is 5.32. The molecule has 1 heterocycles. The van der Waals surface area contributed by atoms with E-state index in [-0.39, 0.29) is 5.75 Å². The number of hydrogen-bond acceptors (Lipinski definition) is 4. The first kappa shape index (κ1) is 10.6. The predicted octanol–water partition coefficient (Wildman–Crippen LogP) is 1.35. The van der Waals surface area contributed by atoms with Crippen LogP contribution in [0.25, 0.3) is 0 Å². The molecule has 70 valence electrons. The molecular formula is C6H6ClN3OS2. The lowest BCUT2D eigenvalue weighted by atomic mass is 10.6. The van der Waals surface area contributed by atoms with Crippen LogP contribution in [-0.2, 0) is 16.7 Å². The van der Waals surface area contributed by atoms with Crippen LogP contribution < -0.4 is 0 Å². The van der Waals surface area contributed by atoms with Gasteiger partial charge < -0.3 is 4.55 Å². The number of halogens is 1. The van der Waals surface area contributed by atoms with E-state index in [1.807, 2.05) is 0 Å². The molecule has 0 spiro atoms. The van der Waals surface area contributed by atoms with Gasteiger partial charge in [0.25, 0.3) is 0 Å². The Morgan fingerprint density at radius 1 is 1.92 bits per heavy atom. The molecule has 0 aliphatic heterocycles. The van der Waals surface area contributed by atoms with Crippen molar-refractivity contribution in [2.75, 3.05) is 7.05 Å². The fourth-order valence-corrected chi connectivity index (χ4v) is 2.53. The minimum absolute atomic E-state index is 0.286. The van der Waals surface area contributed by atoms with Gasteiger partial charge in [0.05, 0.1) is 7.05 Å². The zero-order valence-corrected chi connectivity index (χ0v) is 9.12. The number of hydrogen-bond donors (Lipinski definition) is 0. The van der Waals surface area contributed by atoms with Crippen LogP contribution in [0.2, 0.25) is 4.47 Å². The Bertz CT molecular complexity index is 381. The van der Waals surface area contributed by atoms with E-state index in [0.29, 0.717) is 4.47 Å². The Hall–Kier alpha value is -0.480. The second kappa shape index (κ2) is 4.67. The number of nitrogens with zero attached hydrogens (tertiary/aromatic N) is 3. The third kappa shape index (κ3) is 3.04. The molecule has 1 aromatic rings. The van der Waals surface area contributed by atoms with Crippen molar-refractivity contribution in [1.82, 2.24) is 4.98 Å². The summed E-state index contributed by atoms with van der Waals surface area (Å²) in [6.07, 6.45) is 3.34. The van der Waals surface area contributed by atoms with Crippen molar-refractivity contribution in [2.24, 2.45) is 0 Å². The van der Waals surface area contributed by atoms with Gasteiger partial charge in [-0.3, -0.25) is 0 Å². The third-order valence-corrected chi connectivity index (χ3v) is 3.79. The van der Waals surface area contributed by atoms with Gasteiger partial charge in [0.15, 0.2) is 9.73 Å². The smallest absolute Gasteiger partial charge is 0.464 e. The summed E-state index contributed by atoms with van der Waals surface area (Å²) in [4.78, 5) is 4.61. The maximum Gasteiger partial charge on any atom is 0.464 e. The van der Waals surface area contributed by atoms with Crippen molar-refractivity contribution in [3.05, 3.63) is 15.5 Å². The van der Waals surface area contributed by atoms with Gasteiger partial charge in [-0.25, -0.2) is 4.98 Å². The molecule has 0 N–H and O–H groups in total. The van der Waals surface area contributed by atoms with Crippen molar-refractivity contribution in [3.63, 3.8) is 0 Å². The zero-order valence-electron chi connectivity index (χ0n) is 6.73. The molecule has 1 rings (SSSR count). The van der Waals surface area contributed by atoms with Crippen LogP contribution >= 0.6 is 22.9 Å². The largest absolute Gasteiger partial charge is 0.772 e. The van der Waals surface area contributed by atoms with Gasteiger partial charge in [0, 0.05) is 16.8 Å². The van der Waals surface area contributed by atoms with Crippen molar-refractivity contribution in [1.29, 1.82) is 5.26 Å². The number of nitriles is 1. The highest BCUT2D eigenvalue weighted by molar-refractivity contribution is 7.78. The Kier molecular flexibility index (Phi) is 3.81. The molecule has 7 heteroatoms. The lowest BCUT2D eigenvalue weighted by molar-refractivity contribution is -0.379. The minimum atomic E-state index is -1.32. The van der Waals surface area contributed by atoms with Gasteiger partial charge >= 0.3 is 6.19 Å². The first-order chi connectivity index (χ1) is 6.13. The minimum Gasteiger partial charge on any atom is -0.772 e. The van der Waals surface area contributed by atoms with Gasteiger partial charge in [-0.1, -0.05) is 22.6 Å². The van der Waals surface area contributed by atoms with Gasteiger partial charge in [-0.2, -0.15) is 3.95 Å². The Morgan fingerprint density at radius 3 is 3.08 bits per heavy atom. The molecule has 0 saturated carbocycles. The SMILES string of the molecule is C[N+](C#N)=S([O-])Cc1cnc(Cl)s1. The molecule has 0 bridgehead atoms. The van der Waals surface area contributed by atoms with Crippen LogP contribution in [0.4, 0.5) is 0 Å². The lowest BCUT2D eigenvalue weighted by Gasteiger charge is -2.07. The molecule has 0 aromatic carbocycles. The number of aromatic nitrogens is 1. The summed E-state index contributed by atoms with van der Waals surface area (Å²) in [5.41, 5.74) is 0. The van der Waals surface area contributed by atoms with Crippen LogP contribution in [0.1, 0.15) is 4.88 Å². The van der Waals surface area contributed by atoms with Crippen molar-refractivity contribution in [2.45, 2.75) is 5.75 Å². The summed E-state index contributed by atoms with van der Waals surface area (Å²) in [5, 5.41) is 8.43. The van der Waals surface area contributed by atoms with Crippen LogP contribution in [-0.4, -0.2) is 20.5 Å². The lowest BCUT2D eigenvalue weighted by Crippen LogP contribution is -2.06. The van der Waals surface area contributed by atoms with E-state index in [2.05, 4.69) is 4.98 Å². The van der Waals surface area contributed by atoms with E-state index in [0.717, 1.165) is 8.82 Å². The van der Waals surface area contributed by atoms with E-state index < -0.39 is 11.0 Å². The average Bonchev–Trinajstić information content (AvgIpc) is 2.49. The molecule has 0 aliphatic carbocycles. The van der Waals surface area contributed by atoms with Gasteiger partial charge in [-0.05, 0) is 0 Å². The fourth-order valence-electron chi connectivity index (χ4n) is 0.614. The second-order valence-electron chi connectivity index (χ2n) is 2.14. The standard InChI is InChI=1S/C6H6ClN3OS2/c1-10(4-8)13(11)3-5-2-9-6(7)12-5/h2H,3H2,1H3. The Balaban J connectivity index is 2.77. The molecular weight excluding hydrogens is 230 g/mol. The Morgan fingerprint density at radius 2 is 2.62 bits per heavy atom. The maximum absolute atomic E-state index is 11.3. The summed E-state index contributed by atoms with van der Waals surface area (Å²) in [7, 11) is 0.153. The van der Waals surface area contributed by atoms with Gasteiger partial charge in [-0.15, -0.1) is 11.3 Å². The van der Waals surface area contributed by atoms with Crippen molar-refractivity contribution in [3.8, 4) is 6.19 Å². The molecule has 0 fully saturated rings. The van der Waals surface area contributed by atoms with Crippen molar-refractivity contribution < 1.29 is 8.50 Å². The average molecular weight is 236 g/mol. The maximum atomic E-state index is 11.3. The van der Waals surface area contributed by atoms with Crippen LogP contribution in [0.15, 0.2) is 6.20 Å². The normalized spacial score (nSPS) is 13.5. The number of rotatable bonds is 2. The molecule has 0 aliphatic rings. The van der Waals surface area contributed by atoms with Crippen LogP contribution in [0.3, 0.4) is 0 Å². The molecule has 0 radical (unpaired) electrons. The fraction of sp³-hybridized carbons (Fsp3) is 0.333. The first-order valence-electron chi connectivity index (χ1n) is 3.25.